The predicted molar refractivity (Wildman–Crippen MR) is 115 cm³/mol. The lowest BCUT2D eigenvalue weighted by molar-refractivity contribution is 0.0699. The number of benzene rings is 3. The van der Waals surface area contributed by atoms with Gasteiger partial charge in [-0.05, 0) is 30.3 Å². The van der Waals surface area contributed by atoms with Crippen molar-refractivity contribution in [1.82, 2.24) is 9.97 Å². The molecule has 32 heavy (non-hydrogen) atoms. The standard InChI is InChI=1S/C23H17FN4O4/c1-27(22(30)31)21-25-17-11-10-13(12-18(17)26-21)23(32)15-7-3-2-6-14(15)20(29)28(23)19-9-5-4-8-16(19)24/h2-12,32H,1H3,(H,25,26)(H,30,31). The number of fused-ring (bicyclic) bond motifs is 2. The van der Waals surface area contributed by atoms with Gasteiger partial charge in [-0.15, -0.1) is 0 Å². The smallest absolute Gasteiger partial charge is 0.413 e. The highest BCUT2D eigenvalue weighted by Crippen LogP contribution is 2.45. The lowest BCUT2D eigenvalue weighted by atomic mass is 9.93. The van der Waals surface area contributed by atoms with Crippen molar-refractivity contribution < 1.29 is 24.2 Å². The second-order valence-electron chi connectivity index (χ2n) is 7.44. The van der Waals surface area contributed by atoms with Crippen molar-refractivity contribution in [3.63, 3.8) is 0 Å². The van der Waals surface area contributed by atoms with Gasteiger partial charge in [-0.2, -0.15) is 0 Å². The molecule has 3 N–H and O–H groups in total. The summed E-state index contributed by atoms with van der Waals surface area (Å²) < 4.78 is 14.7. The van der Waals surface area contributed by atoms with E-state index in [1.807, 2.05) is 0 Å². The third-order valence-corrected chi connectivity index (χ3v) is 5.63. The van der Waals surface area contributed by atoms with Crippen LogP contribution in [0.5, 0.6) is 0 Å². The molecule has 2 heterocycles. The molecule has 4 aromatic rings. The predicted octanol–water partition coefficient (Wildman–Crippen LogP) is 3.67. The summed E-state index contributed by atoms with van der Waals surface area (Å²) in [6.07, 6.45) is -1.19. The molecule has 0 bridgehead atoms. The summed E-state index contributed by atoms with van der Waals surface area (Å²) >= 11 is 0. The molecule has 1 atom stereocenters. The molecule has 8 nitrogen and oxygen atoms in total. The van der Waals surface area contributed by atoms with Crippen LogP contribution in [-0.2, 0) is 5.72 Å². The first-order valence-electron chi connectivity index (χ1n) is 9.70. The van der Waals surface area contributed by atoms with Gasteiger partial charge in [0.25, 0.3) is 5.91 Å². The number of nitrogens with zero attached hydrogens (tertiary/aromatic N) is 3. The van der Waals surface area contributed by atoms with E-state index in [1.54, 1.807) is 48.5 Å². The Morgan fingerprint density at radius 3 is 2.59 bits per heavy atom. The van der Waals surface area contributed by atoms with Crippen molar-refractivity contribution in [2.24, 2.45) is 0 Å². The van der Waals surface area contributed by atoms with E-state index in [-0.39, 0.29) is 17.2 Å². The molecule has 1 unspecified atom stereocenters. The average Bonchev–Trinajstić information content (AvgIpc) is 3.31. The molecule has 0 radical (unpaired) electrons. The number of anilines is 2. The van der Waals surface area contributed by atoms with Crippen LogP contribution in [0.15, 0.2) is 66.7 Å². The molecule has 160 valence electrons. The SMILES string of the molecule is CN(C(=O)O)c1nc2ccc(C3(O)c4ccccc4C(=O)N3c3ccccc3F)cc2[nH]1. The Morgan fingerprint density at radius 1 is 1.12 bits per heavy atom. The number of para-hydroxylation sites is 1. The van der Waals surface area contributed by atoms with Crippen molar-refractivity contribution in [2.45, 2.75) is 5.72 Å². The number of carboxylic acid groups (broad SMARTS) is 1. The van der Waals surface area contributed by atoms with E-state index >= 15 is 0 Å². The molecule has 1 aromatic heterocycles. The maximum absolute atomic E-state index is 14.7. The Bertz CT molecular complexity index is 1400. The zero-order chi connectivity index (χ0) is 22.6. The minimum atomic E-state index is -1.99. The zero-order valence-electron chi connectivity index (χ0n) is 16.8. The van der Waals surface area contributed by atoms with Gasteiger partial charge in [0.05, 0.1) is 16.7 Å². The summed E-state index contributed by atoms with van der Waals surface area (Å²) in [6, 6.07) is 17.1. The first kappa shape index (κ1) is 19.7. The number of aromatic amines is 1. The molecular weight excluding hydrogens is 415 g/mol. The van der Waals surface area contributed by atoms with Gasteiger partial charge in [-0.3, -0.25) is 14.6 Å². The van der Waals surface area contributed by atoms with Gasteiger partial charge < -0.3 is 15.2 Å². The average molecular weight is 432 g/mol. The number of imidazole rings is 1. The lowest BCUT2D eigenvalue weighted by Crippen LogP contribution is -2.45. The fourth-order valence-electron chi connectivity index (χ4n) is 4.03. The second kappa shape index (κ2) is 6.89. The van der Waals surface area contributed by atoms with Crippen molar-refractivity contribution in [1.29, 1.82) is 0 Å². The largest absolute Gasteiger partial charge is 0.465 e. The Kier molecular flexibility index (Phi) is 4.24. The van der Waals surface area contributed by atoms with E-state index in [1.165, 1.54) is 25.2 Å². The summed E-state index contributed by atoms with van der Waals surface area (Å²) in [7, 11) is 1.35. The topological polar surface area (TPSA) is 110 Å². The zero-order valence-corrected chi connectivity index (χ0v) is 16.8. The Hall–Kier alpha value is -4.24. The fourth-order valence-corrected chi connectivity index (χ4v) is 4.03. The Labute approximate surface area is 181 Å². The summed E-state index contributed by atoms with van der Waals surface area (Å²) in [5.74, 6) is -1.09. The van der Waals surface area contributed by atoms with Crippen molar-refractivity contribution in [3.05, 3.63) is 89.2 Å². The number of halogens is 1. The molecule has 0 saturated heterocycles. The number of amides is 2. The highest BCUT2D eigenvalue weighted by molar-refractivity contribution is 6.12. The highest BCUT2D eigenvalue weighted by Gasteiger charge is 2.51. The van der Waals surface area contributed by atoms with Crippen LogP contribution >= 0.6 is 0 Å². The number of rotatable bonds is 3. The van der Waals surface area contributed by atoms with E-state index in [0.717, 1.165) is 9.80 Å². The van der Waals surface area contributed by atoms with Crippen LogP contribution in [0.1, 0.15) is 21.5 Å². The molecule has 0 spiro atoms. The van der Waals surface area contributed by atoms with E-state index in [0.29, 0.717) is 22.2 Å². The summed E-state index contributed by atoms with van der Waals surface area (Å²) in [4.78, 5) is 33.6. The minimum absolute atomic E-state index is 0.0628. The van der Waals surface area contributed by atoms with Crippen LogP contribution < -0.4 is 9.80 Å². The maximum Gasteiger partial charge on any atom is 0.413 e. The molecule has 2 amide bonds. The molecule has 1 aliphatic heterocycles. The van der Waals surface area contributed by atoms with Crippen molar-refractivity contribution in [2.75, 3.05) is 16.8 Å². The summed E-state index contributed by atoms with van der Waals surface area (Å²) in [6.45, 7) is 0. The van der Waals surface area contributed by atoms with Gasteiger partial charge >= 0.3 is 6.09 Å². The highest BCUT2D eigenvalue weighted by atomic mass is 19.1. The normalized spacial score (nSPS) is 17.6. The van der Waals surface area contributed by atoms with E-state index < -0.39 is 23.5 Å². The second-order valence-corrected chi connectivity index (χ2v) is 7.44. The minimum Gasteiger partial charge on any atom is -0.465 e. The lowest BCUT2D eigenvalue weighted by Gasteiger charge is -2.35. The molecule has 1 aliphatic rings. The third-order valence-electron chi connectivity index (χ3n) is 5.63. The van der Waals surface area contributed by atoms with Crippen LogP contribution in [0.3, 0.4) is 0 Å². The van der Waals surface area contributed by atoms with Crippen LogP contribution in [0, 0.1) is 5.82 Å². The number of carbonyl (C=O) groups is 2. The van der Waals surface area contributed by atoms with Gasteiger partial charge in [-0.1, -0.05) is 36.4 Å². The molecule has 5 rings (SSSR count). The molecule has 3 aromatic carbocycles. The first-order chi connectivity index (χ1) is 15.3. The number of aromatic nitrogens is 2. The van der Waals surface area contributed by atoms with Gasteiger partial charge in [-0.25, -0.2) is 14.2 Å². The summed E-state index contributed by atoms with van der Waals surface area (Å²) in [5.41, 5.74) is -0.273. The van der Waals surface area contributed by atoms with E-state index in [2.05, 4.69) is 9.97 Å². The quantitative estimate of drug-likeness (QED) is 0.458. The van der Waals surface area contributed by atoms with Gasteiger partial charge in [0.1, 0.15) is 5.82 Å². The van der Waals surface area contributed by atoms with Crippen LogP contribution in [0.2, 0.25) is 0 Å². The van der Waals surface area contributed by atoms with Crippen LogP contribution in [0.4, 0.5) is 20.8 Å². The van der Waals surface area contributed by atoms with E-state index in [9.17, 15) is 24.2 Å². The van der Waals surface area contributed by atoms with Crippen molar-refractivity contribution in [3.8, 4) is 0 Å². The van der Waals surface area contributed by atoms with Crippen molar-refractivity contribution >= 4 is 34.7 Å². The van der Waals surface area contributed by atoms with Crippen LogP contribution in [0.25, 0.3) is 11.0 Å². The molecule has 0 fully saturated rings. The molecule has 0 aliphatic carbocycles. The third kappa shape index (κ3) is 2.68. The Morgan fingerprint density at radius 2 is 1.84 bits per heavy atom. The maximum atomic E-state index is 14.7. The number of aliphatic hydroxyl groups is 1. The molecule has 0 saturated carbocycles. The molecular formula is C23H17FN4O4. The number of carbonyl (C=O) groups excluding carboxylic acids is 1. The summed E-state index contributed by atoms with van der Waals surface area (Å²) in [5, 5.41) is 21.2. The number of H-pyrrole nitrogens is 1. The van der Waals surface area contributed by atoms with Crippen LogP contribution in [-0.4, -0.2) is 39.2 Å². The molecule has 9 heteroatoms. The Balaban J connectivity index is 1.73. The number of hydrogen-bond acceptors (Lipinski definition) is 4. The monoisotopic (exact) mass is 432 g/mol. The van der Waals surface area contributed by atoms with E-state index in [4.69, 9.17) is 0 Å². The number of nitrogens with one attached hydrogen (secondary N) is 1. The van der Waals surface area contributed by atoms with Gasteiger partial charge in [0, 0.05) is 23.7 Å². The number of hydrogen-bond donors (Lipinski definition) is 3. The first-order valence-corrected chi connectivity index (χ1v) is 9.70. The van der Waals surface area contributed by atoms with Gasteiger partial charge in [0.15, 0.2) is 5.72 Å². The fraction of sp³-hybridized carbons (Fsp3) is 0.0870. The van der Waals surface area contributed by atoms with Gasteiger partial charge in [0.2, 0.25) is 5.95 Å².